The molecule has 0 aromatic heterocycles. The number of rotatable bonds is 10. The monoisotopic (exact) mass is 551 g/mol. The maximum absolute atomic E-state index is 14.4. The average molecular weight is 552 g/mol. The van der Waals surface area contributed by atoms with E-state index in [0.717, 1.165) is 0 Å². The first-order valence-electron chi connectivity index (χ1n) is 12.2. The van der Waals surface area contributed by atoms with E-state index >= 15 is 0 Å². The van der Waals surface area contributed by atoms with E-state index in [1.54, 1.807) is 0 Å². The zero-order chi connectivity index (χ0) is 29.5. The fourth-order valence-corrected chi connectivity index (χ4v) is 3.72. The van der Waals surface area contributed by atoms with E-state index in [0.29, 0.717) is 19.3 Å². The number of nitriles is 1. The van der Waals surface area contributed by atoms with E-state index in [9.17, 15) is 37.2 Å². The van der Waals surface area contributed by atoms with Gasteiger partial charge in [0.05, 0.1) is 24.7 Å². The number of alkyl halides is 4. The van der Waals surface area contributed by atoms with Crippen molar-refractivity contribution < 1.29 is 41.5 Å². The number of ether oxygens (including phenoxy) is 1. The highest BCUT2D eigenvalue weighted by Gasteiger charge is 2.47. The molecule has 2 rings (SSSR count). The predicted octanol–water partition coefficient (Wildman–Crippen LogP) is 1.92. The van der Waals surface area contributed by atoms with Crippen LogP contribution in [0.4, 0.5) is 17.6 Å². The summed E-state index contributed by atoms with van der Waals surface area (Å²) in [4.78, 5) is 46.3. The van der Waals surface area contributed by atoms with Crippen LogP contribution in [0.5, 0.6) is 0 Å². The molecule has 2 fully saturated rings. The average Bonchev–Trinajstić information content (AvgIpc) is 3.40. The molecule has 0 aromatic carbocycles. The molecule has 38 heavy (non-hydrogen) atoms. The van der Waals surface area contributed by atoms with Gasteiger partial charge in [-0.15, -0.1) is 0 Å². The van der Waals surface area contributed by atoms with E-state index in [1.807, 2.05) is 40.7 Å². The highest BCUT2D eigenvalue weighted by atomic mass is 19.4. The molecule has 4 amide bonds. The van der Waals surface area contributed by atoms with Gasteiger partial charge in [-0.3, -0.25) is 19.2 Å². The summed E-state index contributed by atoms with van der Waals surface area (Å²) in [5.74, 6) is -3.83. The number of hydrogen-bond donors (Lipinski definition) is 4. The quantitative estimate of drug-likeness (QED) is 0.303. The van der Waals surface area contributed by atoms with Crippen LogP contribution in [-0.2, 0) is 23.9 Å². The number of primary amides is 1. The third kappa shape index (κ3) is 12.5. The number of nitrogens with one attached hydrogen (secondary N) is 3. The Kier molecular flexibility index (Phi) is 11.1. The molecule has 1 saturated heterocycles. The van der Waals surface area contributed by atoms with Crippen LogP contribution in [0.15, 0.2) is 0 Å². The summed E-state index contributed by atoms with van der Waals surface area (Å²) in [5.41, 5.74) is 1.59. The minimum Gasteiger partial charge on any atom is -0.375 e. The van der Waals surface area contributed by atoms with Gasteiger partial charge in [-0.2, -0.15) is 18.4 Å². The zero-order valence-corrected chi connectivity index (χ0v) is 22.3. The molecule has 0 spiro atoms. The molecule has 0 aromatic rings. The molecular weight excluding hydrogens is 514 g/mol. The van der Waals surface area contributed by atoms with E-state index in [1.165, 1.54) is 0 Å². The summed E-state index contributed by atoms with van der Waals surface area (Å²) in [6.45, 7) is 9.59. The van der Waals surface area contributed by atoms with Crippen LogP contribution in [0, 0.1) is 17.2 Å². The first-order valence-corrected chi connectivity index (χ1v) is 12.2. The molecule has 10 nitrogen and oxygen atoms in total. The summed E-state index contributed by atoms with van der Waals surface area (Å²) in [5, 5.41) is 17.5. The standard InChI is InChI=1S/C22H35FN4O4.C2H2F3NO/c1-20(2,3)31-9-6-17(28)26-16(12-22(23)7-8-22)19(30)25-15(13-24)10-14-11-21(4,5)27-18(14)29;3-2(4,5)1(6)7/h14-16H,6-12H2,1-5H3,(H,25,30)(H,26,28)(H,27,29);(H2,6,7). The number of hydrogen-bond acceptors (Lipinski definition) is 6. The van der Waals surface area contributed by atoms with E-state index in [4.69, 9.17) is 9.53 Å². The lowest BCUT2D eigenvalue weighted by molar-refractivity contribution is -0.169. The highest BCUT2D eigenvalue weighted by molar-refractivity contribution is 5.88. The first-order chi connectivity index (χ1) is 17.2. The first kappa shape index (κ1) is 33.1. The molecule has 0 bridgehead atoms. The molecule has 1 heterocycles. The minimum atomic E-state index is -4.86. The molecule has 0 radical (unpaired) electrons. The molecule has 1 saturated carbocycles. The molecule has 3 unspecified atom stereocenters. The zero-order valence-electron chi connectivity index (χ0n) is 22.3. The Morgan fingerprint density at radius 1 is 1.21 bits per heavy atom. The van der Waals surface area contributed by atoms with Crippen LogP contribution in [0.25, 0.3) is 0 Å². The molecular formula is C24H37F4N5O5. The number of carbonyl (C=O) groups is 4. The Labute approximate surface area is 219 Å². The SMILES string of the molecule is CC1(C)CC(CC(C#N)NC(=O)C(CC2(F)CC2)NC(=O)CCOC(C)(C)C)C(=O)N1.NC(=O)C(F)(F)F. The lowest BCUT2D eigenvalue weighted by atomic mass is 9.92. The van der Waals surface area contributed by atoms with Crippen molar-refractivity contribution in [2.75, 3.05) is 6.61 Å². The van der Waals surface area contributed by atoms with E-state index in [2.05, 4.69) is 21.7 Å². The van der Waals surface area contributed by atoms with Gasteiger partial charge in [0.15, 0.2) is 0 Å². The Balaban J connectivity index is 0.000000905. The second kappa shape index (κ2) is 12.7. The van der Waals surface area contributed by atoms with E-state index < -0.39 is 53.2 Å². The molecule has 3 atom stereocenters. The van der Waals surface area contributed by atoms with Crippen molar-refractivity contribution in [1.82, 2.24) is 16.0 Å². The van der Waals surface area contributed by atoms with Crippen LogP contribution < -0.4 is 21.7 Å². The van der Waals surface area contributed by atoms with Crippen molar-refractivity contribution in [1.29, 1.82) is 5.26 Å². The Bertz CT molecular complexity index is 923. The van der Waals surface area contributed by atoms with E-state index in [-0.39, 0.29) is 37.3 Å². The maximum atomic E-state index is 14.4. The van der Waals surface area contributed by atoms with Gasteiger partial charge in [0.25, 0.3) is 0 Å². The third-order valence-electron chi connectivity index (χ3n) is 5.74. The fourth-order valence-electron chi connectivity index (χ4n) is 3.72. The largest absolute Gasteiger partial charge is 0.470 e. The van der Waals surface area contributed by atoms with Gasteiger partial charge in [0.1, 0.15) is 17.8 Å². The van der Waals surface area contributed by atoms with Gasteiger partial charge in [0, 0.05) is 17.9 Å². The van der Waals surface area contributed by atoms with Crippen LogP contribution in [0.2, 0.25) is 0 Å². The van der Waals surface area contributed by atoms with Crippen LogP contribution >= 0.6 is 0 Å². The lowest BCUT2D eigenvalue weighted by Crippen LogP contribution is -2.51. The van der Waals surface area contributed by atoms with Crippen molar-refractivity contribution in [2.45, 2.75) is 108 Å². The van der Waals surface area contributed by atoms with Crippen molar-refractivity contribution in [2.24, 2.45) is 11.7 Å². The molecule has 1 aliphatic heterocycles. The molecule has 14 heteroatoms. The van der Waals surface area contributed by atoms with Crippen molar-refractivity contribution >= 4 is 23.6 Å². The maximum Gasteiger partial charge on any atom is 0.470 e. The third-order valence-corrected chi connectivity index (χ3v) is 5.74. The number of carbonyl (C=O) groups excluding carboxylic acids is 4. The van der Waals surface area contributed by atoms with Gasteiger partial charge in [-0.05, 0) is 60.3 Å². The summed E-state index contributed by atoms with van der Waals surface area (Å²) in [6.07, 6.45) is -3.55. The summed E-state index contributed by atoms with van der Waals surface area (Å²) < 4.78 is 52.0. The second-order valence-electron chi connectivity index (χ2n) is 11.2. The Morgan fingerprint density at radius 3 is 2.16 bits per heavy atom. The summed E-state index contributed by atoms with van der Waals surface area (Å²) in [7, 11) is 0. The normalized spacial score (nSPS) is 21.1. The molecule has 2 aliphatic rings. The van der Waals surface area contributed by atoms with Crippen LogP contribution in [0.1, 0.15) is 73.1 Å². The molecule has 216 valence electrons. The van der Waals surface area contributed by atoms with Crippen molar-refractivity contribution in [3.8, 4) is 6.07 Å². The minimum absolute atomic E-state index is 0.0410. The number of halogens is 4. The highest BCUT2D eigenvalue weighted by Crippen LogP contribution is 2.43. The Hall–Kier alpha value is -2.95. The van der Waals surface area contributed by atoms with Crippen LogP contribution in [0.3, 0.4) is 0 Å². The predicted molar refractivity (Wildman–Crippen MR) is 128 cm³/mol. The van der Waals surface area contributed by atoms with Crippen LogP contribution in [-0.4, -0.2) is 65.3 Å². The number of nitrogens with two attached hydrogens (primary N) is 1. The van der Waals surface area contributed by atoms with Gasteiger partial charge < -0.3 is 26.4 Å². The van der Waals surface area contributed by atoms with Crippen molar-refractivity contribution in [3.63, 3.8) is 0 Å². The summed E-state index contributed by atoms with van der Waals surface area (Å²) >= 11 is 0. The molecule has 5 N–H and O–H groups in total. The molecule has 1 aliphatic carbocycles. The van der Waals surface area contributed by atoms with Gasteiger partial charge in [-0.1, -0.05) is 0 Å². The smallest absolute Gasteiger partial charge is 0.375 e. The lowest BCUT2D eigenvalue weighted by Gasteiger charge is -2.23. The van der Waals surface area contributed by atoms with Crippen molar-refractivity contribution in [3.05, 3.63) is 0 Å². The second-order valence-corrected chi connectivity index (χ2v) is 11.2. The Morgan fingerprint density at radius 2 is 1.76 bits per heavy atom. The fraction of sp³-hybridized carbons (Fsp3) is 0.792. The van der Waals surface area contributed by atoms with Gasteiger partial charge in [-0.25, -0.2) is 4.39 Å². The van der Waals surface area contributed by atoms with Gasteiger partial charge in [0.2, 0.25) is 17.7 Å². The van der Waals surface area contributed by atoms with Gasteiger partial charge >= 0.3 is 12.1 Å². The topological polar surface area (TPSA) is 163 Å². The number of nitrogens with zero attached hydrogens (tertiary/aromatic N) is 1. The summed E-state index contributed by atoms with van der Waals surface area (Å²) in [6, 6.07) is 0.0161. The number of amides is 4.